The minimum atomic E-state index is -0.995. The van der Waals surface area contributed by atoms with Gasteiger partial charge in [-0.1, -0.05) is 5.10 Å². The Morgan fingerprint density at radius 2 is 1.80 bits per heavy atom. The Balaban J connectivity index is 1.78. The summed E-state index contributed by atoms with van der Waals surface area (Å²) in [4.78, 5) is 0.794. The van der Waals surface area contributed by atoms with Crippen LogP contribution in [-0.4, -0.2) is 28.1 Å². The number of nitrogens with zero attached hydrogens (tertiary/aromatic N) is 2. The van der Waals surface area contributed by atoms with E-state index in [1.165, 1.54) is 0 Å². The first kappa shape index (κ1) is 15.7. The summed E-state index contributed by atoms with van der Waals surface area (Å²) >= 11 is -0.995. The van der Waals surface area contributed by atoms with Crippen LogP contribution >= 0.6 is 0 Å². The van der Waals surface area contributed by atoms with Crippen LogP contribution in [0, 0.1) is 0 Å². The number of aromatic nitrogens is 2. The summed E-state index contributed by atoms with van der Waals surface area (Å²) in [5.41, 5.74) is 3.54. The van der Waals surface area contributed by atoms with Crippen LogP contribution in [0.3, 0.4) is 0 Å². The Bertz CT molecular complexity index is 1020. The quantitative estimate of drug-likeness (QED) is 0.559. The Hall–Kier alpha value is -2.77. The van der Waals surface area contributed by atoms with Gasteiger partial charge in [0.25, 0.3) is 0 Å². The van der Waals surface area contributed by atoms with Crippen molar-refractivity contribution in [2.24, 2.45) is 0 Å². The van der Waals surface area contributed by atoms with Crippen molar-refractivity contribution in [2.75, 3.05) is 18.6 Å². The predicted molar refractivity (Wildman–Crippen MR) is 96.8 cm³/mol. The average molecular weight is 353 g/mol. The Kier molecular flexibility index (Phi) is 3.95. The van der Waals surface area contributed by atoms with Gasteiger partial charge < -0.3 is 18.7 Å². The van der Waals surface area contributed by atoms with E-state index in [0.717, 1.165) is 32.6 Å². The van der Waals surface area contributed by atoms with Crippen LogP contribution in [0.1, 0.15) is 0 Å². The molecular weight excluding hydrogens is 338 g/mol. The van der Waals surface area contributed by atoms with Crippen molar-refractivity contribution in [1.82, 2.24) is 10.2 Å². The molecule has 2 heterocycles. The lowest BCUT2D eigenvalue weighted by Crippen LogP contribution is -1.96. The maximum Gasteiger partial charge on any atom is 0.315 e. The third kappa shape index (κ3) is 2.88. The number of fused-ring (bicyclic) bond motifs is 1. The molecule has 0 bridgehead atoms. The summed E-state index contributed by atoms with van der Waals surface area (Å²) in [6.45, 7) is 0. The Morgan fingerprint density at radius 1 is 1.04 bits per heavy atom. The van der Waals surface area contributed by atoms with Gasteiger partial charge in [0, 0.05) is 23.6 Å². The molecule has 0 aliphatic carbocycles. The summed E-state index contributed by atoms with van der Waals surface area (Å²) < 4.78 is 22.7. The molecule has 0 aliphatic rings. The molecule has 0 spiro atoms. The highest BCUT2D eigenvalue weighted by molar-refractivity contribution is 7.90. The fourth-order valence-electron chi connectivity index (χ4n) is 2.65. The smallest absolute Gasteiger partial charge is 0.315 e. The molecular formula is C18H15N3O3S. The molecule has 126 valence electrons. The van der Waals surface area contributed by atoms with Gasteiger partial charge in [-0.3, -0.25) is 0 Å². The van der Waals surface area contributed by atoms with E-state index in [2.05, 4.69) is 15.5 Å². The molecule has 0 amide bonds. The van der Waals surface area contributed by atoms with Crippen LogP contribution in [0.25, 0.3) is 33.6 Å². The maximum absolute atomic E-state index is 11.5. The van der Waals surface area contributed by atoms with Crippen molar-refractivity contribution < 1.29 is 13.4 Å². The maximum atomic E-state index is 11.5. The lowest BCUT2D eigenvalue weighted by Gasteiger charge is -2.05. The normalized spacial score (nSPS) is 12.4. The van der Waals surface area contributed by atoms with Crippen LogP contribution in [0.4, 0.5) is 6.01 Å². The van der Waals surface area contributed by atoms with E-state index in [1.807, 2.05) is 42.5 Å². The van der Waals surface area contributed by atoms with Crippen LogP contribution in [0.5, 0.6) is 0 Å². The van der Waals surface area contributed by atoms with Crippen LogP contribution in [0.2, 0.25) is 0 Å². The summed E-state index contributed by atoms with van der Waals surface area (Å²) in [7, 11) is 1.72. The van der Waals surface area contributed by atoms with Gasteiger partial charge in [-0.25, -0.2) is 0 Å². The first-order chi connectivity index (χ1) is 12.2. The zero-order valence-corrected chi connectivity index (χ0v) is 14.5. The molecule has 0 radical (unpaired) electrons. The monoisotopic (exact) mass is 353 g/mol. The number of nitrogens with one attached hydrogen (secondary N) is 1. The van der Waals surface area contributed by atoms with Crippen molar-refractivity contribution in [3.8, 4) is 22.6 Å². The third-order valence-electron chi connectivity index (χ3n) is 3.96. The highest BCUT2D eigenvalue weighted by atomic mass is 32.2. The number of benzene rings is 2. The molecule has 2 aromatic carbocycles. The zero-order chi connectivity index (χ0) is 17.4. The average Bonchev–Trinajstić information content (AvgIpc) is 3.28. The van der Waals surface area contributed by atoms with Crippen molar-refractivity contribution >= 4 is 28.2 Å². The molecule has 0 aliphatic heterocycles. The molecule has 6 nitrogen and oxygen atoms in total. The minimum Gasteiger partial charge on any atom is -0.612 e. The molecule has 1 N–H and O–H groups in total. The first-order valence-electron chi connectivity index (χ1n) is 7.62. The Labute approximate surface area is 147 Å². The van der Waals surface area contributed by atoms with Crippen LogP contribution in [0.15, 0.2) is 62.5 Å². The van der Waals surface area contributed by atoms with Gasteiger partial charge in [0.1, 0.15) is 11.8 Å². The van der Waals surface area contributed by atoms with E-state index < -0.39 is 11.2 Å². The summed E-state index contributed by atoms with van der Waals surface area (Å²) in [5.74, 6) is 0.440. The van der Waals surface area contributed by atoms with Gasteiger partial charge in [0.15, 0.2) is 4.90 Å². The fraction of sp³-hybridized carbons (Fsp3) is 0.111. The number of furan rings is 1. The molecule has 1 atom stereocenters. The van der Waals surface area contributed by atoms with Gasteiger partial charge in [-0.15, -0.1) is 5.10 Å². The van der Waals surface area contributed by atoms with E-state index in [-0.39, 0.29) is 0 Å². The lowest BCUT2D eigenvalue weighted by molar-refractivity contribution is 0.585. The summed E-state index contributed by atoms with van der Waals surface area (Å²) in [6.07, 6.45) is 3.39. The third-order valence-corrected chi connectivity index (χ3v) is 4.89. The highest BCUT2D eigenvalue weighted by Crippen LogP contribution is 2.34. The SMILES string of the molecule is CNc1nnc(-c2ccc3occ(-c4ccc([S+](C)[O-])cc4)c3c2)o1. The van der Waals surface area contributed by atoms with E-state index in [0.29, 0.717) is 11.9 Å². The zero-order valence-electron chi connectivity index (χ0n) is 13.6. The second-order valence-electron chi connectivity index (χ2n) is 5.50. The highest BCUT2D eigenvalue weighted by Gasteiger charge is 2.13. The van der Waals surface area contributed by atoms with Crippen molar-refractivity contribution in [3.63, 3.8) is 0 Å². The fourth-order valence-corrected chi connectivity index (χ4v) is 3.17. The van der Waals surface area contributed by atoms with Crippen molar-refractivity contribution in [3.05, 3.63) is 48.7 Å². The second-order valence-corrected chi connectivity index (χ2v) is 6.88. The van der Waals surface area contributed by atoms with Crippen molar-refractivity contribution in [1.29, 1.82) is 0 Å². The van der Waals surface area contributed by atoms with Crippen molar-refractivity contribution in [2.45, 2.75) is 4.90 Å². The molecule has 4 aromatic rings. The summed E-state index contributed by atoms with van der Waals surface area (Å²) in [6, 6.07) is 13.7. The van der Waals surface area contributed by atoms with Gasteiger partial charge in [0.2, 0.25) is 5.89 Å². The summed E-state index contributed by atoms with van der Waals surface area (Å²) in [5, 5.41) is 11.7. The minimum absolute atomic E-state index is 0.366. The first-order valence-corrected chi connectivity index (χ1v) is 9.18. The van der Waals surface area contributed by atoms with Gasteiger partial charge >= 0.3 is 6.01 Å². The molecule has 2 aromatic heterocycles. The number of hydrogen-bond donors (Lipinski definition) is 1. The molecule has 0 saturated heterocycles. The van der Waals surface area contributed by atoms with E-state index in [4.69, 9.17) is 8.83 Å². The van der Waals surface area contributed by atoms with Crippen LogP contribution < -0.4 is 5.32 Å². The molecule has 4 rings (SSSR count). The molecule has 0 fully saturated rings. The topological polar surface area (TPSA) is 87.2 Å². The standard InChI is InChI=1S/C18H15N3O3S/c1-19-18-21-20-17(24-18)12-5-8-16-14(9-12)15(10-23-16)11-3-6-13(7-4-11)25(2)22/h3-10H,1-2H3,(H,19,21). The van der Waals surface area contributed by atoms with Gasteiger partial charge in [-0.05, 0) is 59.2 Å². The van der Waals surface area contributed by atoms with E-state index in [9.17, 15) is 4.55 Å². The Morgan fingerprint density at radius 3 is 2.48 bits per heavy atom. The van der Waals surface area contributed by atoms with Gasteiger partial charge in [0.05, 0.1) is 6.26 Å². The van der Waals surface area contributed by atoms with E-state index >= 15 is 0 Å². The molecule has 1 unspecified atom stereocenters. The van der Waals surface area contributed by atoms with Crippen LogP contribution in [-0.2, 0) is 11.2 Å². The lowest BCUT2D eigenvalue weighted by atomic mass is 10.0. The molecule has 25 heavy (non-hydrogen) atoms. The largest absolute Gasteiger partial charge is 0.612 e. The second kappa shape index (κ2) is 6.27. The molecule has 0 saturated carbocycles. The number of rotatable bonds is 4. The molecule has 7 heteroatoms. The van der Waals surface area contributed by atoms with Gasteiger partial charge in [-0.2, -0.15) is 0 Å². The number of hydrogen-bond acceptors (Lipinski definition) is 6. The predicted octanol–water partition coefficient (Wildman–Crippen LogP) is 3.93. The number of anilines is 1. The van der Waals surface area contributed by atoms with E-state index in [1.54, 1.807) is 19.6 Å².